The molecule has 0 aliphatic carbocycles. The Morgan fingerprint density at radius 2 is 2.25 bits per heavy atom. The normalized spacial score (nSPS) is 9.88. The molecule has 1 aromatic rings. The van der Waals surface area contributed by atoms with Crippen LogP contribution in [0.15, 0.2) is 18.2 Å². The summed E-state index contributed by atoms with van der Waals surface area (Å²) in [5, 5.41) is 5.82. The first-order valence-corrected chi connectivity index (χ1v) is 6.43. The van der Waals surface area contributed by atoms with Crippen LogP contribution in [0, 0.1) is 0 Å². The van der Waals surface area contributed by atoms with Crippen molar-refractivity contribution < 1.29 is 4.79 Å². The maximum atomic E-state index is 11.6. The van der Waals surface area contributed by atoms with E-state index in [2.05, 4.69) is 10.6 Å². The summed E-state index contributed by atoms with van der Waals surface area (Å²) < 4.78 is 0. The summed E-state index contributed by atoms with van der Waals surface area (Å²) in [7, 11) is 1.62. The number of amides is 1. The summed E-state index contributed by atoms with van der Waals surface area (Å²) in [6, 6.07) is 5.24. The average Bonchev–Trinajstić information content (AvgIpc) is 2.29. The van der Waals surface area contributed by atoms with Gasteiger partial charge in [0.2, 0.25) is 0 Å². The summed E-state index contributed by atoms with van der Waals surface area (Å²) >= 11 is 1.75. The fraction of sp³-hybridized carbons (Fsp3) is 0.364. The van der Waals surface area contributed by atoms with E-state index in [9.17, 15) is 4.79 Å². The summed E-state index contributed by atoms with van der Waals surface area (Å²) in [5.74, 6) is 0.883. The minimum Gasteiger partial charge on any atom is -0.399 e. The SMILES string of the molecule is CNC(=O)c1ccc(N)cc1NCCSC. The third-order valence-electron chi connectivity index (χ3n) is 2.14. The molecule has 0 aromatic heterocycles. The zero-order valence-corrected chi connectivity index (χ0v) is 10.4. The third-order valence-corrected chi connectivity index (χ3v) is 2.75. The molecule has 0 heterocycles. The number of hydrogen-bond acceptors (Lipinski definition) is 4. The fourth-order valence-corrected chi connectivity index (χ4v) is 1.63. The molecule has 1 aromatic carbocycles. The highest BCUT2D eigenvalue weighted by molar-refractivity contribution is 7.98. The molecule has 0 unspecified atom stereocenters. The minimum absolute atomic E-state index is 0.105. The lowest BCUT2D eigenvalue weighted by atomic mass is 10.1. The van der Waals surface area contributed by atoms with Gasteiger partial charge in [-0.2, -0.15) is 11.8 Å². The van der Waals surface area contributed by atoms with Crippen LogP contribution in [-0.4, -0.2) is 31.5 Å². The van der Waals surface area contributed by atoms with E-state index in [1.165, 1.54) is 0 Å². The van der Waals surface area contributed by atoms with E-state index in [1.807, 2.05) is 6.26 Å². The van der Waals surface area contributed by atoms with Crippen molar-refractivity contribution in [3.05, 3.63) is 23.8 Å². The van der Waals surface area contributed by atoms with Crippen molar-refractivity contribution in [3.63, 3.8) is 0 Å². The number of hydrogen-bond donors (Lipinski definition) is 3. The molecule has 0 spiro atoms. The molecule has 0 saturated carbocycles. The van der Waals surface area contributed by atoms with Crippen LogP contribution < -0.4 is 16.4 Å². The van der Waals surface area contributed by atoms with Gasteiger partial charge < -0.3 is 16.4 Å². The first kappa shape index (κ1) is 12.7. The van der Waals surface area contributed by atoms with Crippen molar-refractivity contribution in [1.82, 2.24) is 5.32 Å². The second-order valence-corrected chi connectivity index (χ2v) is 4.29. The van der Waals surface area contributed by atoms with Crippen LogP contribution in [-0.2, 0) is 0 Å². The Bertz CT molecular complexity index is 368. The largest absolute Gasteiger partial charge is 0.399 e. The zero-order valence-electron chi connectivity index (χ0n) is 9.54. The molecule has 0 aliphatic heterocycles. The Hall–Kier alpha value is -1.36. The molecule has 0 saturated heterocycles. The second-order valence-electron chi connectivity index (χ2n) is 3.30. The highest BCUT2D eigenvalue weighted by Crippen LogP contribution is 2.19. The number of nitrogens with two attached hydrogens (primary N) is 1. The molecule has 4 N–H and O–H groups in total. The monoisotopic (exact) mass is 239 g/mol. The third kappa shape index (κ3) is 3.34. The van der Waals surface area contributed by atoms with E-state index >= 15 is 0 Å². The van der Waals surface area contributed by atoms with E-state index < -0.39 is 0 Å². The number of benzene rings is 1. The lowest BCUT2D eigenvalue weighted by Crippen LogP contribution is -2.20. The zero-order chi connectivity index (χ0) is 12.0. The van der Waals surface area contributed by atoms with Gasteiger partial charge in [-0.3, -0.25) is 4.79 Å². The molecule has 88 valence electrons. The molecule has 0 bridgehead atoms. The van der Waals surface area contributed by atoms with Crippen LogP contribution in [0.3, 0.4) is 0 Å². The summed E-state index contributed by atoms with van der Waals surface area (Å²) in [5.41, 5.74) is 7.76. The number of carbonyl (C=O) groups is 1. The molecule has 0 atom stereocenters. The molecule has 1 rings (SSSR count). The van der Waals surface area contributed by atoms with Crippen LogP contribution >= 0.6 is 11.8 Å². The molecule has 0 aliphatic rings. The highest BCUT2D eigenvalue weighted by Gasteiger charge is 2.09. The molecular weight excluding hydrogens is 222 g/mol. The lowest BCUT2D eigenvalue weighted by Gasteiger charge is -2.11. The summed E-state index contributed by atoms with van der Waals surface area (Å²) in [6.45, 7) is 0.814. The van der Waals surface area contributed by atoms with E-state index in [4.69, 9.17) is 5.73 Å². The van der Waals surface area contributed by atoms with Crippen LogP contribution in [0.25, 0.3) is 0 Å². The van der Waals surface area contributed by atoms with Gasteiger partial charge in [0.15, 0.2) is 0 Å². The molecule has 4 nitrogen and oxygen atoms in total. The highest BCUT2D eigenvalue weighted by atomic mass is 32.2. The van der Waals surface area contributed by atoms with Crippen molar-refractivity contribution in [2.45, 2.75) is 0 Å². The van der Waals surface area contributed by atoms with Crippen molar-refractivity contribution >= 4 is 29.0 Å². The number of nitrogens with one attached hydrogen (secondary N) is 2. The Labute approximate surface area is 100.0 Å². The summed E-state index contributed by atoms with van der Waals surface area (Å²) in [6.07, 6.45) is 2.04. The number of rotatable bonds is 5. The Morgan fingerprint density at radius 1 is 1.50 bits per heavy atom. The minimum atomic E-state index is -0.105. The number of thioether (sulfide) groups is 1. The van der Waals surface area contributed by atoms with Crippen molar-refractivity contribution in [3.8, 4) is 0 Å². The Morgan fingerprint density at radius 3 is 2.88 bits per heavy atom. The predicted octanol–water partition coefficient (Wildman–Crippen LogP) is 1.40. The average molecular weight is 239 g/mol. The van der Waals surface area contributed by atoms with Gasteiger partial charge in [0, 0.05) is 30.7 Å². The van der Waals surface area contributed by atoms with Gasteiger partial charge in [-0.15, -0.1) is 0 Å². The fourth-order valence-electron chi connectivity index (χ4n) is 1.33. The Balaban J connectivity index is 2.85. The molecule has 5 heteroatoms. The van der Waals surface area contributed by atoms with Crippen molar-refractivity contribution in [2.75, 3.05) is 36.7 Å². The van der Waals surface area contributed by atoms with Crippen LogP contribution in [0.4, 0.5) is 11.4 Å². The van der Waals surface area contributed by atoms with Gasteiger partial charge in [-0.05, 0) is 24.5 Å². The maximum absolute atomic E-state index is 11.6. The molecule has 1 amide bonds. The van der Waals surface area contributed by atoms with Crippen molar-refractivity contribution in [1.29, 1.82) is 0 Å². The topological polar surface area (TPSA) is 67.2 Å². The standard InChI is InChI=1S/C11H17N3OS/c1-13-11(15)9-4-3-8(12)7-10(9)14-5-6-16-2/h3-4,7,14H,5-6,12H2,1-2H3,(H,13,15). The number of nitrogen functional groups attached to an aromatic ring is 1. The van der Waals surface area contributed by atoms with Crippen LogP contribution in [0.5, 0.6) is 0 Å². The first-order chi connectivity index (χ1) is 7.69. The molecule has 0 fully saturated rings. The lowest BCUT2D eigenvalue weighted by molar-refractivity contribution is 0.0964. The first-order valence-electron chi connectivity index (χ1n) is 5.03. The summed E-state index contributed by atoms with van der Waals surface area (Å²) in [4.78, 5) is 11.6. The van der Waals surface area contributed by atoms with Crippen molar-refractivity contribution in [2.24, 2.45) is 0 Å². The number of carbonyl (C=O) groups excluding carboxylic acids is 1. The van der Waals surface area contributed by atoms with Gasteiger partial charge in [-0.25, -0.2) is 0 Å². The van der Waals surface area contributed by atoms with Gasteiger partial charge in [0.1, 0.15) is 0 Å². The van der Waals surface area contributed by atoms with Gasteiger partial charge >= 0.3 is 0 Å². The smallest absolute Gasteiger partial charge is 0.253 e. The Kier molecular flexibility index (Phi) is 4.98. The van der Waals surface area contributed by atoms with Gasteiger partial charge in [0.25, 0.3) is 5.91 Å². The maximum Gasteiger partial charge on any atom is 0.253 e. The molecule has 0 radical (unpaired) electrons. The van der Waals surface area contributed by atoms with Gasteiger partial charge in [-0.1, -0.05) is 0 Å². The van der Waals surface area contributed by atoms with E-state index in [0.29, 0.717) is 11.3 Å². The van der Waals surface area contributed by atoms with Crippen LogP contribution in [0.2, 0.25) is 0 Å². The predicted molar refractivity (Wildman–Crippen MR) is 71.1 cm³/mol. The van der Waals surface area contributed by atoms with E-state index in [1.54, 1.807) is 37.0 Å². The van der Waals surface area contributed by atoms with E-state index in [-0.39, 0.29) is 5.91 Å². The second kappa shape index (κ2) is 6.27. The van der Waals surface area contributed by atoms with E-state index in [0.717, 1.165) is 18.0 Å². The quantitative estimate of drug-likeness (QED) is 0.537. The van der Waals surface area contributed by atoms with Gasteiger partial charge in [0.05, 0.1) is 5.56 Å². The number of anilines is 2. The van der Waals surface area contributed by atoms with Crippen LogP contribution in [0.1, 0.15) is 10.4 Å². The molecule has 16 heavy (non-hydrogen) atoms. The molecular formula is C11H17N3OS.